The quantitative estimate of drug-likeness (QED) is 0.576. The van der Waals surface area contributed by atoms with Crippen molar-refractivity contribution in [3.63, 3.8) is 0 Å². The van der Waals surface area contributed by atoms with Gasteiger partial charge in [-0.3, -0.25) is 0 Å². The van der Waals surface area contributed by atoms with E-state index in [1.807, 2.05) is 0 Å². The van der Waals surface area contributed by atoms with Crippen LogP contribution in [0.15, 0.2) is 30.3 Å². The second kappa shape index (κ2) is 7.52. The van der Waals surface area contributed by atoms with E-state index < -0.39 is 43.3 Å². The average molecular weight is 313 g/mol. The molecule has 8 heteroatoms. The van der Waals surface area contributed by atoms with Crippen LogP contribution in [0, 0.1) is 0 Å². The topological polar surface area (TPSA) is 117 Å². The van der Waals surface area contributed by atoms with E-state index in [0.29, 0.717) is 5.75 Å². The average Bonchev–Trinajstić information content (AvgIpc) is 2.53. The second-order valence-electron chi connectivity index (χ2n) is 4.82. The molecule has 4 unspecified atom stereocenters. The molecule has 22 heavy (non-hydrogen) atoms. The van der Waals surface area contributed by atoms with Gasteiger partial charge in [-0.15, -0.1) is 0 Å². The van der Waals surface area contributed by atoms with Crippen LogP contribution in [0.3, 0.4) is 0 Å². The first-order chi connectivity index (χ1) is 10.6. The van der Waals surface area contributed by atoms with Gasteiger partial charge < -0.3 is 34.8 Å². The fourth-order valence-electron chi connectivity index (χ4n) is 2.20. The fraction of sp³-hybridized carbons (Fsp3) is 0.500. The van der Waals surface area contributed by atoms with Gasteiger partial charge in [0.25, 0.3) is 0 Å². The maximum atomic E-state index is 11.9. The fourth-order valence-corrected chi connectivity index (χ4v) is 2.20. The highest BCUT2D eigenvalue weighted by Gasteiger charge is 2.45. The van der Waals surface area contributed by atoms with Gasteiger partial charge in [0.1, 0.15) is 30.1 Å². The molecule has 4 N–H and O–H groups in total. The molecule has 0 aliphatic carbocycles. The minimum Gasteiger partial charge on any atom is -0.410 e. The van der Waals surface area contributed by atoms with Crippen molar-refractivity contribution in [2.24, 2.45) is 0 Å². The number of carbonyl (C=O) groups excluding carboxylic acids is 1. The molecular weight excluding hydrogens is 294 g/mol. The number of rotatable bonds is 4. The Balaban J connectivity index is 2.01. The number of nitrogens with one attached hydrogen (secondary N) is 1. The SMILES string of the molecule is COC1OC(CO)C(O)C(O)[C@@H]1NC(=O)Oc1ccccc1. The minimum atomic E-state index is -1.38. The molecule has 1 aliphatic rings. The van der Waals surface area contributed by atoms with E-state index in [9.17, 15) is 15.0 Å². The largest absolute Gasteiger partial charge is 0.413 e. The Morgan fingerprint density at radius 2 is 1.95 bits per heavy atom. The summed E-state index contributed by atoms with van der Waals surface area (Å²) in [6, 6.07) is 7.33. The van der Waals surface area contributed by atoms with Gasteiger partial charge in [0.2, 0.25) is 0 Å². The summed E-state index contributed by atoms with van der Waals surface area (Å²) in [5.74, 6) is 0.328. The molecule has 1 aliphatic heterocycles. The Kier molecular flexibility index (Phi) is 5.69. The Morgan fingerprint density at radius 1 is 1.27 bits per heavy atom. The Labute approximate surface area is 127 Å². The second-order valence-corrected chi connectivity index (χ2v) is 4.82. The maximum absolute atomic E-state index is 11.9. The molecule has 1 saturated heterocycles. The van der Waals surface area contributed by atoms with Crippen molar-refractivity contribution in [2.45, 2.75) is 30.6 Å². The summed E-state index contributed by atoms with van der Waals surface area (Å²) in [4.78, 5) is 11.9. The van der Waals surface area contributed by atoms with Gasteiger partial charge in [-0.2, -0.15) is 0 Å². The molecular formula is C14H19NO7. The standard InChI is InChI=1S/C14H19NO7/c1-20-13-10(12(18)11(17)9(7-16)22-13)15-14(19)21-8-5-3-2-4-6-8/h2-6,9-13,16-18H,7H2,1H3,(H,15,19)/t9?,10-,11?,12?,13?/m0/s1. The molecule has 2 rings (SSSR count). The van der Waals surface area contributed by atoms with Gasteiger partial charge in [0, 0.05) is 7.11 Å². The summed E-state index contributed by atoms with van der Waals surface area (Å²) < 4.78 is 15.4. The zero-order valence-corrected chi connectivity index (χ0v) is 12.0. The number of methoxy groups -OCH3 is 1. The molecule has 1 fully saturated rings. The van der Waals surface area contributed by atoms with E-state index in [4.69, 9.17) is 19.3 Å². The molecule has 5 atom stereocenters. The third-order valence-corrected chi connectivity index (χ3v) is 3.35. The summed E-state index contributed by atoms with van der Waals surface area (Å²) in [7, 11) is 1.32. The van der Waals surface area contributed by atoms with Gasteiger partial charge in [-0.05, 0) is 12.1 Å². The predicted octanol–water partition coefficient (Wildman–Crippen LogP) is -0.771. The van der Waals surface area contributed by atoms with Gasteiger partial charge in [0.05, 0.1) is 6.61 Å². The van der Waals surface area contributed by atoms with Crippen LogP contribution in [0.4, 0.5) is 4.79 Å². The highest BCUT2D eigenvalue weighted by atomic mass is 16.7. The molecule has 1 aromatic carbocycles. The summed E-state index contributed by atoms with van der Waals surface area (Å²) in [5.41, 5.74) is 0. The van der Waals surface area contributed by atoms with E-state index in [-0.39, 0.29) is 0 Å². The highest BCUT2D eigenvalue weighted by molar-refractivity contribution is 5.70. The summed E-state index contributed by atoms with van der Waals surface area (Å²) in [6.07, 6.45) is -5.59. The van der Waals surface area contributed by atoms with Gasteiger partial charge >= 0.3 is 6.09 Å². The van der Waals surface area contributed by atoms with Crippen LogP contribution < -0.4 is 10.1 Å². The molecule has 0 aromatic heterocycles. The number of hydrogen-bond acceptors (Lipinski definition) is 7. The van der Waals surface area contributed by atoms with Crippen LogP contribution in [0.25, 0.3) is 0 Å². The smallest absolute Gasteiger partial charge is 0.410 e. The Morgan fingerprint density at radius 3 is 2.55 bits per heavy atom. The number of ether oxygens (including phenoxy) is 3. The summed E-state index contributed by atoms with van der Waals surface area (Å²) >= 11 is 0. The molecule has 1 aromatic rings. The number of carbonyl (C=O) groups is 1. The van der Waals surface area contributed by atoms with Crippen LogP contribution in [0.5, 0.6) is 5.75 Å². The molecule has 1 amide bonds. The first kappa shape index (κ1) is 16.7. The van der Waals surface area contributed by atoms with E-state index in [2.05, 4.69) is 5.32 Å². The molecule has 1 heterocycles. The number of aliphatic hydroxyl groups excluding tert-OH is 3. The van der Waals surface area contributed by atoms with Gasteiger partial charge in [-0.1, -0.05) is 18.2 Å². The lowest BCUT2D eigenvalue weighted by Crippen LogP contribution is -2.64. The van der Waals surface area contributed by atoms with Crippen LogP contribution in [0.1, 0.15) is 0 Å². The summed E-state index contributed by atoms with van der Waals surface area (Å²) in [6.45, 7) is -0.487. The van der Waals surface area contributed by atoms with Crippen molar-refractivity contribution in [1.29, 1.82) is 0 Å². The number of benzene rings is 1. The van der Waals surface area contributed by atoms with E-state index >= 15 is 0 Å². The van der Waals surface area contributed by atoms with Crippen molar-refractivity contribution in [3.05, 3.63) is 30.3 Å². The molecule has 0 bridgehead atoms. The first-order valence-electron chi connectivity index (χ1n) is 6.75. The zero-order valence-electron chi connectivity index (χ0n) is 12.0. The van der Waals surface area contributed by atoms with Crippen molar-refractivity contribution < 1.29 is 34.3 Å². The molecule has 0 saturated carbocycles. The number of hydrogen-bond donors (Lipinski definition) is 4. The van der Waals surface area contributed by atoms with E-state index in [1.165, 1.54) is 7.11 Å². The van der Waals surface area contributed by atoms with Crippen molar-refractivity contribution >= 4 is 6.09 Å². The van der Waals surface area contributed by atoms with Crippen molar-refractivity contribution in [1.82, 2.24) is 5.32 Å². The van der Waals surface area contributed by atoms with Crippen molar-refractivity contribution in [3.8, 4) is 5.75 Å². The monoisotopic (exact) mass is 313 g/mol. The predicted molar refractivity (Wildman–Crippen MR) is 74.2 cm³/mol. The van der Waals surface area contributed by atoms with E-state index in [1.54, 1.807) is 30.3 Å². The maximum Gasteiger partial charge on any atom is 0.413 e. The number of amides is 1. The lowest BCUT2D eigenvalue weighted by atomic mass is 9.97. The minimum absolute atomic E-state index is 0.328. The van der Waals surface area contributed by atoms with E-state index in [0.717, 1.165) is 0 Å². The third kappa shape index (κ3) is 3.73. The first-order valence-corrected chi connectivity index (χ1v) is 6.75. The van der Waals surface area contributed by atoms with Crippen LogP contribution in [-0.4, -0.2) is 65.8 Å². The lowest BCUT2D eigenvalue weighted by molar-refractivity contribution is -0.261. The number of aliphatic hydroxyl groups is 3. The van der Waals surface area contributed by atoms with Crippen LogP contribution in [0.2, 0.25) is 0 Å². The normalized spacial score (nSPS) is 31.5. The Hall–Kier alpha value is -1.71. The molecule has 0 spiro atoms. The molecule has 122 valence electrons. The van der Waals surface area contributed by atoms with Gasteiger partial charge in [0.15, 0.2) is 6.29 Å². The Bertz CT molecular complexity index is 481. The number of para-hydroxylation sites is 1. The summed E-state index contributed by atoms with van der Waals surface area (Å²) in [5, 5.41) is 31.4. The lowest BCUT2D eigenvalue weighted by Gasteiger charge is -2.41. The molecule has 0 radical (unpaired) electrons. The van der Waals surface area contributed by atoms with Crippen molar-refractivity contribution in [2.75, 3.05) is 13.7 Å². The molecule has 8 nitrogen and oxygen atoms in total. The third-order valence-electron chi connectivity index (χ3n) is 3.35. The zero-order chi connectivity index (χ0) is 16.1. The van der Waals surface area contributed by atoms with Crippen LogP contribution in [-0.2, 0) is 9.47 Å². The highest BCUT2D eigenvalue weighted by Crippen LogP contribution is 2.22. The van der Waals surface area contributed by atoms with Gasteiger partial charge in [-0.25, -0.2) is 4.79 Å². The van der Waals surface area contributed by atoms with Crippen LogP contribution >= 0.6 is 0 Å².